The lowest BCUT2D eigenvalue weighted by Gasteiger charge is -2.13. The van der Waals surface area contributed by atoms with E-state index < -0.39 is 5.82 Å². The van der Waals surface area contributed by atoms with E-state index in [0.717, 1.165) is 0 Å². The number of anilines is 2. The van der Waals surface area contributed by atoms with E-state index >= 15 is 0 Å². The minimum atomic E-state index is -0.484. The van der Waals surface area contributed by atoms with Gasteiger partial charge in [0.15, 0.2) is 0 Å². The summed E-state index contributed by atoms with van der Waals surface area (Å²) in [5.41, 5.74) is 7.56. The first-order chi connectivity index (χ1) is 11.1. The average Bonchev–Trinajstić information content (AvgIpc) is 2.55. The zero-order valence-corrected chi connectivity index (χ0v) is 12.6. The summed E-state index contributed by atoms with van der Waals surface area (Å²) in [5, 5.41) is 3.77. The molecule has 0 fully saturated rings. The number of hydrogen-bond donors (Lipinski definition) is 2. The fourth-order valence-corrected chi connectivity index (χ4v) is 2.69. The molecule has 0 aliphatic carbocycles. The van der Waals surface area contributed by atoms with Crippen molar-refractivity contribution < 1.29 is 4.39 Å². The Morgan fingerprint density at radius 3 is 2.52 bits per heavy atom. The Morgan fingerprint density at radius 1 is 1.22 bits per heavy atom. The molecule has 3 rings (SSSR count). The number of nitrogens with two attached hydrogens (primary N) is 1. The minimum Gasteiger partial charge on any atom is -0.399 e. The minimum absolute atomic E-state index is 0.295. The second-order valence-electron chi connectivity index (χ2n) is 5.14. The number of nitrogens with zero attached hydrogens (tertiary/aromatic N) is 1. The molecule has 4 nitrogen and oxygen atoms in total. The highest BCUT2D eigenvalue weighted by atomic mass is 19.1. The number of halogens is 1. The fraction of sp³-hybridized carbons (Fsp3) is 0.0556. The largest absolute Gasteiger partial charge is 0.399 e. The normalized spacial score (nSPS) is 10.7. The lowest BCUT2D eigenvalue weighted by molar-refractivity contribution is 0.632. The number of nitrogens with one attached hydrogen (secondary N) is 1. The van der Waals surface area contributed by atoms with Gasteiger partial charge >= 0.3 is 0 Å². The van der Waals surface area contributed by atoms with E-state index in [9.17, 15) is 9.18 Å². The second-order valence-corrected chi connectivity index (χ2v) is 5.14. The van der Waals surface area contributed by atoms with Gasteiger partial charge in [0.05, 0.1) is 11.1 Å². The van der Waals surface area contributed by atoms with E-state index in [4.69, 9.17) is 5.73 Å². The first-order valence-electron chi connectivity index (χ1n) is 7.10. The maximum absolute atomic E-state index is 14.3. The molecule has 0 saturated heterocycles. The topological polar surface area (TPSA) is 60.0 Å². The number of rotatable bonds is 3. The molecule has 3 aromatic rings. The fourth-order valence-electron chi connectivity index (χ4n) is 2.69. The highest BCUT2D eigenvalue weighted by Crippen LogP contribution is 2.28. The lowest BCUT2D eigenvalue weighted by Crippen LogP contribution is -2.18. The molecule has 0 radical (unpaired) electrons. The third-order valence-corrected chi connectivity index (χ3v) is 3.82. The summed E-state index contributed by atoms with van der Waals surface area (Å²) in [4.78, 5) is 12.7. The van der Waals surface area contributed by atoms with Crippen LogP contribution >= 0.6 is 0 Å². The van der Waals surface area contributed by atoms with Gasteiger partial charge in [-0.25, -0.2) is 4.39 Å². The molecule has 5 heteroatoms. The van der Waals surface area contributed by atoms with Crippen molar-refractivity contribution in [3.8, 4) is 5.69 Å². The van der Waals surface area contributed by atoms with Crippen molar-refractivity contribution in [1.82, 2.24) is 4.57 Å². The van der Waals surface area contributed by atoms with Crippen LogP contribution in [0.2, 0.25) is 0 Å². The van der Waals surface area contributed by atoms with Gasteiger partial charge < -0.3 is 11.1 Å². The molecule has 0 unspecified atom stereocenters. The van der Waals surface area contributed by atoms with Crippen molar-refractivity contribution in [1.29, 1.82) is 0 Å². The summed E-state index contributed by atoms with van der Waals surface area (Å²) in [6.45, 7) is 3.72. The Balaban J connectivity index is 2.34. The molecular weight excluding hydrogens is 293 g/mol. The zero-order valence-electron chi connectivity index (χ0n) is 12.6. The molecule has 0 spiro atoms. The van der Waals surface area contributed by atoms with Crippen LogP contribution in [0.3, 0.4) is 0 Å². The molecule has 0 bridgehead atoms. The van der Waals surface area contributed by atoms with E-state index in [0.29, 0.717) is 33.4 Å². The van der Waals surface area contributed by atoms with Crippen LogP contribution in [0.1, 0.15) is 5.56 Å². The van der Waals surface area contributed by atoms with Crippen LogP contribution in [-0.2, 0) is 0 Å². The van der Waals surface area contributed by atoms with Gasteiger partial charge in [0, 0.05) is 30.2 Å². The van der Waals surface area contributed by atoms with Crippen molar-refractivity contribution in [2.45, 2.75) is 0 Å². The van der Waals surface area contributed by atoms with Crippen LogP contribution in [0.15, 0.2) is 54.0 Å². The number of benzene rings is 2. The van der Waals surface area contributed by atoms with E-state index in [-0.39, 0.29) is 5.56 Å². The molecule has 1 aromatic heterocycles. The van der Waals surface area contributed by atoms with E-state index in [1.165, 1.54) is 10.6 Å². The zero-order chi connectivity index (χ0) is 16.6. The van der Waals surface area contributed by atoms with Gasteiger partial charge in [0.1, 0.15) is 5.82 Å². The van der Waals surface area contributed by atoms with Gasteiger partial charge in [-0.2, -0.15) is 0 Å². The quantitative estimate of drug-likeness (QED) is 0.729. The molecule has 2 aromatic carbocycles. The van der Waals surface area contributed by atoms with Crippen molar-refractivity contribution in [3.63, 3.8) is 0 Å². The van der Waals surface area contributed by atoms with Crippen molar-refractivity contribution >= 4 is 28.2 Å². The first-order valence-corrected chi connectivity index (χ1v) is 7.10. The second kappa shape index (κ2) is 5.61. The summed E-state index contributed by atoms with van der Waals surface area (Å²) in [5.74, 6) is -0.484. The Kier molecular flexibility index (Phi) is 3.62. The van der Waals surface area contributed by atoms with E-state index in [2.05, 4.69) is 11.9 Å². The molecule has 0 saturated carbocycles. The molecule has 116 valence electrons. The van der Waals surface area contributed by atoms with Gasteiger partial charge in [-0.15, -0.1) is 0 Å². The molecule has 0 aliphatic heterocycles. The Labute approximate surface area is 132 Å². The van der Waals surface area contributed by atoms with Gasteiger partial charge in [-0.3, -0.25) is 9.36 Å². The smallest absolute Gasteiger partial charge is 0.263 e. The number of pyridine rings is 1. The number of aromatic nitrogens is 1. The van der Waals surface area contributed by atoms with Crippen molar-refractivity contribution in [3.05, 3.63) is 70.9 Å². The monoisotopic (exact) mass is 309 g/mol. The summed E-state index contributed by atoms with van der Waals surface area (Å²) >= 11 is 0. The Hall–Kier alpha value is -3.08. The van der Waals surface area contributed by atoms with Crippen LogP contribution < -0.4 is 16.6 Å². The third kappa shape index (κ3) is 2.36. The molecule has 0 aliphatic rings. The highest BCUT2D eigenvalue weighted by Gasteiger charge is 2.14. The van der Waals surface area contributed by atoms with Crippen LogP contribution in [0.25, 0.3) is 22.5 Å². The van der Waals surface area contributed by atoms with Crippen LogP contribution in [0, 0.1) is 5.82 Å². The molecular formula is C18H16FN3O. The molecule has 3 N–H and O–H groups in total. The number of hydrogen-bond acceptors (Lipinski definition) is 3. The van der Waals surface area contributed by atoms with Gasteiger partial charge in [-0.05, 0) is 41.8 Å². The first kappa shape index (κ1) is 14.8. The van der Waals surface area contributed by atoms with Gasteiger partial charge in [-0.1, -0.05) is 12.7 Å². The summed E-state index contributed by atoms with van der Waals surface area (Å²) < 4.78 is 15.7. The summed E-state index contributed by atoms with van der Waals surface area (Å²) in [6, 6.07) is 9.96. The molecule has 0 amide bonds. The number of nitrogen functional groups attached to an aromatic ring is 1. The predicted molar refractivity (Wildman–Crippen MR) is 93.6 cm³/mol. The van der Waals surface area contributed by atoms with Crippen LogP contribution in [0.5, 0.6) is 0 Å². The van der Waals surface area contributed by atoms with Gasteiger partial charge in [0.25, 0.3) is 5.56 Å². The van der Waals surface area contributed by atoms with Crippen molar-refractivity contribution in [2.75, 3.05) is 18.1 Å². The SMILES string of the molecule is C=Cc1c(NC)c(F)cc2c(=O)n(-c3ccc(N)cc3)ccc12. The average molecular weight is 309 g/mol. The maximum atomic E-state index is 14.3. The predicted octanol–water partition coefficient (Wildman–Crippen LogP) is 3.40. The standard InChI is InChI=1S/C18H16FN3O/c1-3-13-14-8-9-22(12-6-4-11(20)5-7-12)18(23)15(14)10-16(19)17(13)21-2/h3-10,21H,1,20H2,2H3. The van der Waals surface area contributed by atoms with Gasteiger partial charge in [0.2, 0.25) is 0 Å². The van der Waals surface area contributed by atoms with E-state index in [1.807, 2.05) is 0 Å². The number of fused-ring (bicyclic) bond motifs is 1. The Morgan fingerprint density at radius 2 is 1.91 bits per heavy atom. The van der Waals surface area contributed by atoms with E-state index in [1.54, 1.807) is 49.7 Å². The summed E-state index contributed by atoms with van der Waals surface area (Å²) in [6.07, 6.45) is 3.21. The lowest BCUT2D eigenvalue weighted by atomic mass is 10.0. The molecule has 23 heavy (non-hydrogen) atoms. The maximum Gasteiger partial charge on any atom is 0.263 e. The summed E-state index contributed by atoms with van der Waals surface area (Å²) in [7, 11) is 1.63. The highest BCUT2D eigenvalue weighted by molar-refractivity contribution is 5.95. The van der Waals surface area contributed by atoms with Crippen LogP contribution in [-0.4, -0.2) is 11.6 Å². The molecule has 0 atom stereocenters. The molecule has 1 heterocycles. The Bertz CT molecular complexity index is 959. The third-order valence-electron chi connectivity index (χ3n) is 3.82. The van der Waals surface area contributed by atoms with Crippen molar-refractivity contribution in [2.24, 2.45) is 0 Å². The van der Waals surface area contributed by atoms with Crippen LogP contribution in [0.4, 0.5) is 15.8 Å².